The molecule has 4 rings (SSSR count). The number of fused-ring (bicyclic) bond motifs is 1. The van der Waals surface area contributed by atoms with Gasteiger partial charge in [0, 0.05) is 11.5 Å². The largest absolute Gasteiger partial charge is 0.493 e. The van der Waals surface area contributed by atoms with Crippen LogP contribution in [-0.4, -0.2) is 30.7 Å². The van der Waals surface area contributed by atoms with Gasteiger partial charge in [0.25, 0.3) is 0 Å². The Kier molecular flexibility index (Phi) is 7.05. The smallest absolute Gasteiger partial charge is 0.162 e. The maximum Gasteiger partial charge on any atom is 0.162 e. The summed E-state index contributed by atoms with van der Waals surface area (Å²) in [7, 11) is 3.25. The number of rotatable bonds is 9. The predicted octanol–water partition coefficient (Wildman–Crippen LogP) is 5.77. The molecular weight excluding hydrogens is 414 g/mol. The molecule has 1 heterocycles. The van der Waals surface area contributed by atoms with Gasteiger partial charge in [0.1, 0.15) is 17.8 Å². The first kappa shape index (κ1) is 22.6. The van der Waals surface area contributed by atoms with E-state index in [0.717, 1.165) is 40.2 Å². The van der Waals surface area contributed by atoms with Crippen LogP contribution < -0.4 is 19.5 Å². The zero-order valence-electron chi connectivity index (χ0n) is 19.4. The minimum atomic E-state index is -0.123. The van der Waals surface area contributed by atoms with E-state index in [1.165, 1.54) is 0 Å². The molecule has 0 bridgehead atoms. The van der Waals surface area contributed by atoms with E-state index in [1.807, 2.05) is 54.6 Å². The predicted molar refractivity (Wildman–Crippen MR) is 130 cm³/mol. The zero-order valence-corrected chi connectivity index (χ0v) is 19.4. The lowest BCUT2D eigenvalue weighted by molar-refractivity contribution is 0.355. The van der Waals surface area contributed by atoms with Crippen molar-refractivity contribution >= 4 is 10.9 Å². The molecule has 0 saturated heterocycles. The van der Waals surface area contributed by atoms with Crippen LogP contribution in [0.25, 0.3) is 10.9 Å². The van der Waals surface area contributed by atoms with Crippen molar-refractivity contribution in [2.75, 3.05) is 20.8 Å². The summed E-state index contributed by atoms with van der Waals surface area (Å²) < 4.78 is 17.0. The Morgan fingerprint density at radius 2 is 1.48 bits per heavy atom. The van der Waals surface area contributed by atoms with Crippen LogP contribution in [0.4, 0.5) is 0 Å². The Balaban J connectivity index is 1.72. The summed E-state index contributed by atoms with van der Waals surface area (Å²) >= 11 is 0. The van der Waals surface area contributed by atoms with E-state index in [1.54, 1.807) is 20.5 Å². The van der Waals surface area contributed by atoms with E-state index in [0.29, 0.717) is 17.4 Å². The molecule has 33 heavy (non-hydrogen) atoms. The molecule has 0 aliphatic carbocycles. The van der Waals surface area contributed by atoms with Crippen molar-refractivity contribution in [3.05, 3.63) is 84.3 Å². The number of hydrogen-bond donors (Lipinski definition) is 1. The third-order valence-corrected chi connectivity index (χ3v) is 5.37. The third kappa shape index (κ3) is 5.23. The summed E-state index contributed by atoms with van der Waals surface area (Å²) in [6.07, 6.45) is 1.60. The van der Waals surface area contributed by atoms with Gasteiger partial charge in [0.2, 0.25) is 0 Å². The topological polar surface area (TPSA) is 65.5 Å². The monoisotopic (exact) mass is 443 g/mol. The number of nitrogens with zero attached hydrogens (tertiary/aromatic N) is 2. The quantitative estimate of drug-likeness (QED) is 0.354. The summed E-state index contributed by atoms with van der Waals surface area (Å²) in [5.41, 5.74) is 2.78. The molecule has 0 spiro atoms. The Morgan fingerprint density at radius 1 is 0.818 bits per heavy atom. The molecule has 0 saturated carbocycles. The highest BCUT2D eigenvalue weighted by Gasteiger charge is 2.21. The molecule has 170 valence electrons. The average molecular weight is 444 g/mol. The molecule has 1 atom stereocenters. The van der Waals surface area contributed by atoms with E-state index in [-0.39, 0.29) is 6.04 Å². The third-order valence-electron chi connectivity index (χ3n) is 5.37. The molecule has 4 aromatic rings. The number of hydrogen-bond acceptors (Lipinski definition) is 6. The fraction of sp³-hybridized carbons (Fsp3) is 0.259. The summed E-state index contributed by atoms with van der Waals surface area (Å²) in [6.45, 7) is 5.21. The Morgan fingerprint density at radius 3 is 2.15 bits per heavy atom. The van der Waals surface area contributed by atoms with Crippen LogP contribution in [0.3, 0.4) is 0 Å². The molecule has 3 aromatic carbocycles. The molecule has 0 aliphatic rings. The Bertz CT molecular complexity index is 1190. The van der Waals surface area contributed by atoms with Gasteiger partial charge in [0.05, 0.1) is 31.5 Å². The number of aromatic nitrogens is 2. The van der Waals surface area contributed by atoms with Crippen LogP contribution >= 0.6 is 0 Å². The lowest BCUT2D eigenvalue weighted by Crippen LogP contribution is -2.27. The van der Waals surface area contributed by atoms with Crippen LogP contribution in [0.1, 0.15) is 31.1 Å². The van der Waals surface area contributed by atoms with Crippen LogP contribution in [0.5, 0.6) is 23.0 Å². The molecule has 1 aromatic heterocycles. The minimum Gasteiger partial charge on any atom is -0.493 e. The molecular formula is C27H29N3O3. The Labute approximate surface area is 194 Å². The maximum atomic E-state index is 5.97. The fourth-order valence-corrected chi connectivity index (χ4v) is 3.71. The second-order valence-corrected chi connectivity index (χ2v) is 8.20. The first-order valence-electron chi connectivity index (χ1n) is 11.0. The Hall–Kier alpha value is -3.64. The van der Waals surface area contributed by atoms with E-state index in [9.17, 15) is 0 Å². The first-order valence-corrected chi connectivity index (χ1v) is 11.0. The van der Waals surface area contributed by atoms with Gasteiger partial charge >= 0.3 is 0 Å². The van der Waals surface area contributed by atoms with Crippen molar-refractivity contribution in [2.45, 2.75) is 19.9 Å². The van der Waals surface area contributed by atoms with Gasteiger partial charge in [-0.05, 0) is 48.4 Å². The molecule has 1 N–H and O–H groups in total. The molecule has 0 amide bonds. The van der Waals surface area contributed by atoms with E-state index >= 15 is 0 Å². The number of para-hydroxylation sites is 1. The summed E-state index contributed by atoms with van der Waals surface area (Å²) in [6, 6.07) is 21.6. The molecule has 0 fully saturated rings. The number of nitrogens with one attached hydrogen (secondary N) is 1. The first-order chi connectivity index (χ1) is 16.1. The molecule has 1 unspecified atom stereocenters. The summed E-state index contributed by atoms with van der Waals surface area (Å²) in [5, 5.41) is 4.59. The van der Waals surface area contributed by atoms with Gasteiger partial charge in [-0.3, -0.25) is 0 Å². The van der Waals surface area contributed by atoms with Gasteiger partial charge in [-0.15, -0.1) is 0 Å². The molecule has 0 radical (unpaired) electrons. The van der Waals surface area contributed by atoms with Crippen LogP contribution in [-0.2, 0) is 0 Å². The van der Waals surface area contributed by atoms with Crippen LogP contribution in [0.2, 0.25) is 0 Å². The van der Waals surface area contributed by atoms with Crippen molar-refractivity contribution in [1.29, 1.82) is 0 Å². The fourth-order valence-electron chi connectivity index (χ4n) is 3.71. The second kappa shape index (κ2) is 10.3. The highest BCUT2D eigenvalue weighted by Crippen LogP contribution is 2.35. The molecule has 0 aliphatic heterocycles. The lowest BCUT2D eigenvalue weighted by Gasteiger charge is -2.22. The van der Waals surface area contributed by atoms with Crippen molar-refractivity contribution < 1.29 is 14.2 Å². The van der Waals surface area contributed by atoms with E-state index in [2.05, 4.69) is 41.3 Å². The van der Waals surface area contributed by atoms with Gasteiger partial charge in [-0.25, -0.2) is 9.97 Å². The van der Waals surface area contributed by atoms with Crippen molar-refractivity contribution in [1.82, 2.24) is 15.3 Å². The van der Waals surface area contributed by atoms with Crippen molar-refractivity contribution in [3.8, 4) is 23.0 Å². The standard InChI is InChI=1S/C27H29N3O3/c1-18(2)16-28-26(19-10-12-21(13-11-19)33-20-8-6-5-7-9-20)27-22-14-24(31-3)25(32-4)15-23(22)29-17-30-27/h5-15,17-18,26,28H,16H2,1-4H3. The molecule has 6 heteroatoms. The highest BCUT2D eigenvalue weighted by molar-refractivity contribution is 5.85. The molecule has 6 nitrogen and oxygen atoms in total. The second-order valence-electron chi connectivity index (χ2n) is 8.20. The summed E-state index contributed by atoms with van der Waals surface area (Å²) in [4.78, 5) is 9.15. The number of methoxy groups -OCH3 is 2. The lowest BCUT2D eigenvalue weighted by atomic mass is 9.99. The van der Waals surface area contributed by atoms with Gasteiger partial charge < -0.3 is 19.5 Å². The normalized spacial score (nSPS) is 12.0. The highest BCUT2D eigenvalue weighted by atomic mass is 16.5. The van der Waals surface area contributed by atoms with Crippen LogP contribution in [0.15, 0.2) is 73.1 Å². The van der Waals surface area contributed by atoms with Crippen molar-refractivity contribution in [2.24, 2.45) is 5.92 Å². The van der Waals surface area contributed by atoms with Gasteiger partial charge in [0.15, 0.2) is 11.5 Å². The zero-order chi connectivity index (χ0) is 23.2. The minimum absolute atomic E-state index is 0.123. The van der Waals surface area contributed by atoms with E-state index < -0.39 is 0 Å². The van der Waals surface area contributed by atoms with Crippen molar-refractivity contribution in [3.63, 3.8) is 0 Å². The van der Waals surface area contributed by atoms with E-state index in [4.69, 9.17) is 14.2 Å². The van der Waals surface area contributed by atoms with Crippen LogP contribution in [0, 0.1) is 5.92 Å². The summed E-state index contributed by atoms with van der Waals surface area (Å²) in [5.74, 6) is 3.36. The van der Waals surface area contributed by atoms with Gasteiger partial charge in [-0.1, -0.05) is 44.2 Å². The SMILES string of the molecule is COc1cc2ncnc(C(NCC(C)C)c3ccc(Oc4ccccc4)cc3)c2cc1OC. The average Bonchev–Trinajstić information content (AvgIpc) is 2.84. The number of ether oxygens (including phenoxy) is 3. The maximum absolute atomic E-state index is 5.97. The van der Waals surface area contributed by atoms with Gasteiger partial charge in [-0.2, -0.15) is 0 Å². The number of benzene rings is 3.